The number of anilines is 2. The van der Waals surface area contributed by atoms with Gasteiger partial charge in [-0.05, 0) is 55.7 Å². The van der Waals surface area contributed by atoms with Gasteiger partial charge in [0, 0.05) is 49.9 Å². The molecular formula is C25H33N4O2+. The lowest BCUT2D eigenvalue weighted by Gasteiger charge is -2.45. The van der Waals surface area contributed by atoms with Crippen molar-refractivity contribution in [2.45, 2.75) is 50.2 Å². The summed E-state index contributed by atoms with van der Waals surface area (Å²) in [6.07, 6.45) is 5.33. The van der Waals surface area contributed by atoms with Crippen molar-refractivity contribution in [2.75, 3.05) is 30.9 Å². The molecule has 2 fully saturated rings. The first-order valence-corrected chi connectivity index (χ1v) is 11.3. The number of carbonyl (C=O) groups is 2. The lowest BCUT2D eigenvalue weighted by molar-refractivity contribution is -0.953. The zero-order valence-electron chi connectivity index (χ0n) is 18.4. The average Bonchev–Trinajstić information content (AvgIpc) is 2.75. The van der Waals surface area contributed by atoms with Gasteiger partial charge < -0.3 is 20.4 Å². The number of hydrogen-bond donors (Lipinski definition) is 3. The SMILES string of the molecule is CN(C)c1ccc(NC(=O)C[NH+]2[C@@H]3CCC[C@H]2CC(NC(=O)c2ccccc2)C3)cc1. The molecule has 6 heteroatoms. The highest BCUT2D eigenvalue weighted by Gasteiger charge is 2.43. The summed E-state index contributed by atoms with van der Waals surface area (Å²) >= 11 is 0. The van der Waals surface area contributed by atoms with E-state index in [0.29, 0.717) is 24.2 Å². The smallest absolute Gasteiger partial charge is 0.279 e. The van der Waals surface area contributed by atoms with Crippen LogP contribution in [0.25, 0.3) is 0 Å². The third-order valence-electron chi connectivity index (χ3n) is 6.70. The minimum atomic E-state index is 0.00559. The summed E-state index contributed by atoms with van der Waals surface area (Å²) in [7, 11) is 4.00. The van der Waals surface area contributed by atoms with Gasteiger partial charge in [0.2, 0.25) is 0 Å². The topological polar surface area (TPSA) is 65.9 Å². The van der Waals surface area contributed by atoms with E-state index in [1.54, 1.807) is 0 Å². The van der Waals surface area contributed by atoms with Crippen LogP contribution < -0.4 is 20.4 Å². The van der Waals surface area contributed by atoms with Crippen molar-refractivity contribution in [1.82, 2.24) is 5.32 Å². The van der Waals surface area contributed by atoms with Crippen LogP contribution in [0.15, 0.2) is 54.6 Å². The standard InChI is InChI=1S/C25H32N4O2/c1-28(2)21-13-11-19(12-14-21)26-24(30)17-29-22-9-6-10-23(29)16-20(15-22)27-25(31)18-7-4-3-5-8-18/h3-5,7-8,11-14,20,22-23H,6,9-10,15-17H2,1-2H3,(H,26,30)(H,27,31)/p+1/t20?,22-,23+. The van der Waals surface area contributed by atoms with Gasteiger partial charge in [0.1, 0.15) is 0 Å². The summed E-state index contributed by atoms with van der Waals surface area (Å²) < 4.78 is 0. The fourth-order valence-corrected chi connectivity index (χ4v) is 5.13. The Morgan fingerprint density at radius 3 is 2.23 bits per heavy atom. The lowest BCUT2D eigenvalue weighted by atomic mass is 9.81. The number of carbonyl (C=O) groups excluding carboxylic acids is 2. The molecule has 0 aromatic heterocycles. The van der Waals surface area contributed by atoms with E-state index in [4.69, 9.17) is 0 Å². The van der Waals surface area contributed by atoms with Gasteiger partial charge in [-0.1, -0.05) is 18.2 Å². The van der Waals surface area contributed by atoms with Crippen molar-refractivity contribution in [3.63, 3.8) is 0 Å². The van der Waals surface area contributed by atoms with Crippen LogP contribution in [0.5, 0.6) is 0 Å². The van der Waals surface area contributed by atoms with E-state index in [2.05, 4.69) is 10.6 Å². The van der Waals surface area contributed by atoms with Gasteiger partial charge in [-0.15, -0.1) is 0 Å². The van der Waals surface area contributed by atoms with E-state index < -0.39 is 0 Å². The average molecular weight is 422 g/mol. The molecule has 0 aliphatic carbocycles. The molecule has 2 aliphatic heterocycles. The quantitative estimate of drug-likeness (QED) is 0.669. The van der Waals surface area contributed by atoms with Crippen molar-refractivity contribution < 1.29 is 14.5 Å². The van der Waals surface area contributed by atoms with Gasteiger partial charge in [-0.25, -0.2) is 0 Å². The Morgan fingerprint density at radius 2 is 1.61 bits per heavy atom. The maximum atomic E-state index is 12.8. The van der Waals surface area contributed by atoms with Gasteiger partial charge in [-0.2, -0.15) is 0 Å². The Labute approximate surface area is 184 Å². The molecular weight excluding hydrogens is 388 g/mol. The Morgan fingerprint density at radius 1 is 0.968 bits per heavy atom. The molecule has 31 heavy (non-hydrogen) atoms. The highest BCUT2D eigenvalue weighted by Crippen LogP contribution is 2.23. The maximum absolute atomic E-state index is 12.8. The minimum Gasteiger partial charge on any atom is -0.378 e. The van der Waals surface area contributed by atoms with Crippen LogP contribution in [-0.4, -0.2) is 50.6 Å². The third-order valence-corrected chi connectivity index (χ3v) is 6.70. The lowest BCUT2D eigenvalue weighted by Crippen LogP contribution is -3.22. The number of quaternary nitrogens is 1. The van der Waals surface area contributed by atoms with Crippen LogP contribution in [0.1, 0.15) is 42.5 Å². The summed E-state index contributed by atoms with van der Waals surface area (Å²) in [4.78, 5) is 28.8. The molecule has 6 nitrogen and oxygen atoms in total. The number of amides is 2. The second kappa shape index (κ2) is 9.52. The zero-order chi connectivity index (χ0) is 21.8. The van der Waals surface area contributed by atoms with Crippen LogP contribution in [0.2, 0.25) is 0 Å². The van der Waals surface area contributed by atoms with Crippen LogP contribution >= 0.6 is 0 Å². The Balaban J connectivity index is 1.33. The second-order valence-electron chi connectivity index (χ2n) is 9.07. The largest absolute Gasteiger partial charge is 0.378 e. The molecule has 2 aromatic rings. The number of hydrogen-bond acceptors (Lipinski definition) is 3. The number of fused-ring (bicyclic) bond motifs is 2. The van der Waals surface area contributed by atoms with Crippen LogP contribution in [0, 0.1) is 0 Å². The van der Waals surface area contributed by atoms with E-state index in [9.17, 15) is 9.59 Å². The van der Waals surface area contributed by atoms with Crippen LogP contribution in [0.3, 0.4) is 0 Å². The van der Waals surface area contributed by atoms with Crippen molar-refractivity contribution in [3.05, 3.63) is 60.2 Å². The first kappa shape index (κ1) is 21.4. The third kappa shape index (κ3) is 5.25. The summed E-state index contributed by atoms with van der Waals surface area (Å²) in [5.41, 5.74) is 2.66. The second-order valence-corrected chi connectivity index (χ2v) is 9.07. The highest BCUT2D eigenvalue weighted by molar-refractivity contribution is 5.94. The predicted molar refractivity (Wildman–Crippen MR) is 124 cm³/mol. The summed E-state index contributed by atoms with van der Waals surface area (Å²) in [6, 6.07) is 18.4. The first-order valence-electron chi connectivity index (χ1n) is 11.3. The normalized spacial score (nSPS) is 24.8. The molecule has 2 aromatic carbocycles. The molecule has 0 radical (unpaired) electrons. The van der Waals surface area contributed by atoms with E-state index in [1.165, 1.54) is 11.3 Å². The molecule has 0 saturated carbocycles. The molecule has 2 aliphatic rings. The molecule has 2 saturated heterocycles. The molecule has 3 N–H and O–H groups in total. The van der Waals surface area contributed by atoms with Crippen molar-refractivity contribution in [1.29, 1.82) is 0 Å². The van der Waals surface area contributed by atoms with Crippen molar-refractivity contribution in [2.24, 2.45) is 0 Å². The number of rotatable bonds is 6. The summed E-state index contributed by atoms with van der Waals surface area (Å²) in [5, 5.41) is 6.30. The van der Waals surface area contributed by atoms with E-state index in [1.807, 2.05) is 73.6 Å². The van der Waals surface area contributed by atoms with Gasteiger partial charge in [0.15, 0.2) is 6.54 Å². The molecule has 2 bridgehead atoms. The van der Waals surface area contributed by atoms with Crippen LogP contribution in [-0.2, 0) is 4.79 Å². The van der Waals surface area contributed by atoms with Gasteiger partial charge >= 0.3 is 0 Å². The van der Waals surface area contributed by atoms with Gasteiger partial charge in [0.25, 0.3) is 11.8 Å². The van der Waals surface area contributed by atoms with E-state index in [-0.39, 0.29) is 17.9 Å². The molecule has 2 unspecified atom stereocenters. The van der Waals surface area contributed by atoms with Crippen molar-refractivity contribution in [3.8, 4) is 0 Å². The number of benzene rings is 2. The van der Waals surface area contributed by atoms with E-state index in [0.717, 1.165) is 37.1 Å². The van der Waals surface area contributed by atoms with E-state index >= 15 is 0 Å². The number of nitrogens with zero attached hydrogens (tertiary/aromatic N) is 1. The Kier molecular flexibility index (Phi) is 6.56. The Hall–Kier alpha value is -2.86. The predicted octanol–water partition coefficient (Wildman–Crippen LogP) is 2.09. The van der Waals surface area contributed by atoms with Gasteiger partial charge in [0.05, 0.1) is 12.1 Å². The molecule has 164 valence electrons. The fraction of sp³-hybridized carbons (Fsp3) is 0.440. The van der Waals surface area contributed by atoms with Crippen molar-refractivity contribution >= 4 is 23.2 Å². The van der Waals surface area contributed by atoms with Crippen LogP contribution in [0.4, 0.5) is 11.4 Å². The minimum absolute atomic E-state index is 0.00559. The molecule has 4 atom stereocenters. The fourth-order valence-electron chi connectivity index (χ4n) is 5.13. The first-order chi connectivity index (χ1) is 15.0. The monoisotopic (exact) mass is 421 g/mol. The Bertz CT molecular complexity index is 883. The number of nitrogens with one attached hydrogen (secondary N) is 3. The zero-order valence-corrected chi connectivity index (χ0v) is 18.4. The summed E-state index contributed by atoms with van der Waals surface area (Å²) in [5.74, 6) is 0.0716. The van der Waals surface area contributed by atoms with Gasteiger partial charge in [-0.3, -0.25) is 9.59 Å². The molecule has 0 spiro atoms. The molecule has 4 rings (SSSR count). The maximum Gasteiger partial charge on any atom is 0.279 e. The molecule has 2 heterocycles. The number of piperidine rings is 2. The highest BCUT2D eigenvalue weighted by atomic mass is 16.2. The summed E-state index contributed by atoms with van der Waals surface area (Å²) in [6.45, 7) is 0.490. The molecule has 2 amide bonds.